The van der Waals surface area contributed by atoms with Gasteiger partial charge in [-0.15, -0.1) is 0 Å². The smallest absolute Gasteiger partial charge is 0.244 e. The Morgan fingerprint density at radius 2 is 1.70 bits per heavy atom. The molecule has 1 aliphatic heterocycles. The number of rotatable bonds is 3. The van der Waals surface area contributed by atoms with Gasteiger partial charge in [0, 0.05) is 6.54 Å². The highest BCUT2D eigenvalue weighted by atomic mass is 16.2. The highest BCUT2D eigenvalue weighted by Gasteiger charge is 2.66. The lowest BCUT2D eigenvalue weighted by Gasteiger charge is -2.24. The Balaban J connectivity index is 1.77. The van der Waals surface area contributed by atoms with E-state index in [-0.39, 0.29) is 11.7 Å². The topological polar surface area (TPSA) is 32.3 Å². The average molecular weight is 278 g/mol. The highest BCUT2D eigenvalue weighted by molar-refractivity contribution is 5.89. The molecule has 114 valence electrons. The van der Waals surface area contributed by atoms with Gasteiger partial charge >= 0.3 is 0 Å². The number of hydrogen-bond donors (Lipinski definition) is 1. The molecule has 3 rings (SSSR count). The molecule has 0 aromatic rings. The van der Waals surface area contributed by atoms with Crippen molar-refractivity contribution in [3.63, 3.8) is 0 Å². The Bertz CT molecular complexity index is 407. The largest absolute Gasteiger partial charge is 0.325 e. The number of carbonyl (C=O) groups is 1. The molecule has 1 spiro atoms. The summed E-state index contributed by atoms with van der Waals surface area (Å²) >= 11 is 0. The molecule has 3 heteroatoms. The van der Waals surface area contributed by atoms with Crippen LogP contribution in [0.2, 0.25) is 0 Å². The quantitative estimate of drug-likeness (QED) is 0.860. The molecule has 2 aliphatic carbocycles. The van der Waals surface area contributed by atoms with Crippen LogP contribution < -0.4 is 5.32 Å². The molecule has 0 bridgehead atoms. The van der Waals surface area contributed by atoms with Crippen molar-refractivity contribution in [1.29, 1.82) is 0 Å². The molecule has 0 aromatic carbocycles. The Kier molecular flexibility index (Phi) is 3.03. The third-order valence-electron chi connectivity index (χ3n) is 7.03. The number of hydrogen-bond acceptors (Lipinski definition) is 2. The first-order valence-corrected chi connectivity index (χ1v) is 8.35. The van der Waals surface area contributed by atoms with Gasteiger partial charge in [0.2, 0.25) is 5.91 Å². The molecule has 1 unspecified atom stereocenters. The lowest BCUT2D eigenvalue weighted by atomic mass is 9.98. The monoisotopic (exact) mass is 278 g/mol. The van der Waals surface area contributed by atoms with Crippen LogP contribution >= 0.6 is 0 Å². The summed E-state index contributed by atoms with van der Waals surface area (Å²) in [6.45, 7) is 12.5. The third-order valence-corrected chi connectivity index (χ3v) is 7.03. The van der Waals surface area contributed by atoms with E-state index in [1.54, 1.807) is 0 Å². The molecular weight excluding hydrogens is 248 g/mol. The first-order valence-electron chi connectivity index (χ1n) is 8.35. The second-order valence-corrected chi connectivity index (χ2v) is 8.31. The zero-order chi connectivity index (χ0) is 14.8. The minimum absolute atomic E-state index is 0.205. The molecule has 1 N–H and O–H groups in total. The normalized spacial score (nSPS) is 34.1. The molecule has 1 atom stereocenters. The van der Waals surface area contributed by atoms with Crippen LogP contribution in [-0.4, -0.2) is 29.1 Å². The fraction of sp³-hybridized carbons (Fsp3) is 0.941. The van der Waals surface area contributed by atoms with Gasteiger partial charge in [-0.25, -0.2) is 0 Å². The van der Waals surface area contributed by atoms with Crippen molar-refractivity contribution < 1.29 is 4.79 Å². The number of carbonyl (C=O) groups excluding carboxylic acids is 1. The minimum atomic E-state index is -0.205. The van der Waals surface area contributed by atoms with E-state index in [1.807, 2.05) is 0 Å². The van der Waals surface area contributed by atoms with Crippen LogP contribution in [0.1, 0.15) is 66.7 Å². The average Bonchev–Trinajstić information content (AvgIpc) is 2.82. The fourth-order valence-electron chi connectivity index (χ4n) is 4.73. The molecule has 0 aromatic heterocycles. The van der Waals surface area contributed by atoms with Crippen LogP contribution in [0.4, 0.5) is 0 Å². The maximum atomic E-state index is 12.9. The van der Waals surface area contributed by atoms with Crippen LogP contribution in [0.5, 0.6) is 0 Å². The fourth-order valence-corrected chi connectivity index (χ4v) is 4.73. The standard InChI is InChI=1S/C17H30N2O/c1-6-13-18-17(9-7-8-10-17)14(20)19(13)11-12-15(2,3)16(12,4)5/h12-13,18H,6-11H2,1-5H3. The van der Waals surface area contributed by atoms with Crippen LogP contribution in [0, 0.1) is 16.7 Å². The van der Waals surface area contributed by atoms with E-state index >= 15 is 0 Å². The van der Waals surface area contributed by atoms with Crippen LogP contribution in [0.25, 0.3) is 0 Å². The maximum Gasteiger partial charge on any atom is 0.244 e. The number of amides is 1. The van der Waals surface area contributed by atoms with Crippen LogP contribution in [0.3, 0.4) is 0 Å². The van der Waals surface area contributed by atoms with Crippen LogP contribution in [0.15, 0.2) is 0 Å². The Hall–Kier alpha value is -0.570. The predicted octanol–water partition coefficient (Wildman–Crippen LogP) is 3.15. The third kappa shape index (κ3) is 1.71. The zero-order valence-electron chi connectivity index (χ0n) is 13.8. The molecule has 1 saturated heterocycles. The van der Waals surface area contributed by atoms with Crippen molar-refractivity contribution in [1.82, 2.24) is 10.2 Å². The first-order chi connectivity index (χ1) is 9.26. The van der Waals surface area contributed by atoms with Gasteiger partial charge in [0.15, 0.2) is 0 Å². The summed E-state index contributed by atoms with van der Waals surface area (Å²) in [6.07, 6.45) is 5.74. The van der Waals surface area contributed by atoms with Crippen molar-refractivity contribution in [3.8, 4) is 0 Å². The maximum absolute atomic E-state index is 12.9. The Morgan fingerprint density at radius 1 is 1.15 bits per heavy atom. The van der Waals surface area contributed by atoms with Crippen molar-refractivity contribution in [2.24, 2.45) is 16.7 Å². The number of nitrogens with zero attached hydrogens (tertiary/aromatic N) is 1. The molecule has 1 amide bonds. The molecular formula is C17H30N2O. The summed E-state index contributed by atoms with van der Waals surface area (Å²) in [5.74, 6) is 1.02. The van der Waals surface area contributed by atoms with Gasteiger partial charge in [0.1, 0.15) is 0 Å². The van der Waals surface area contributed by atoms with E-state index in [2.05, 4.69) is 44.8 Å². The second-order valence-electron chi connectivity index (χ2n) is 8.31. The zero-order valence-corrected chi connectivity index (χ0v) is 13.8. The summed E-state index contributed by atoms with van der Waals surface area (Å²) in [5, 5.41) is 3.68. The van der Waals surface area contributed by atoms with Crippen molar-refractivity contribution >= 4 is 5.91 Å². The highest BCUT2D eigenvalue weighted by Crippen LogP contribution is 2.68. The van der Waals surface area contributed by atoms with Crippen LogP contribution in [-0.2, 0) is 4.79 Å². The summed E-state index contributed by atoms with van der Waals surface area (Å²) < 4.78 is 0. The lowest BCUT2D eigenvalue weighted by Crippen LogP contribution is -2.44. The summed E-state index contributed by atoms with van der Waals surface area (Å²) in [7, 11) is 0. The van der Waals surface area contributed by atoms with E-state index in [0.29, 0.717) is 22.7 Å². The molecule has 3 nitrogen and oxygen atoms in total. The predicted molar refractivity (Wildman–Crippen MR) is 81.2 cm³/mol. The lowest BCUT2D eigenvalue weighted by molar-refractivity contribution is -0.133. The molecule has 3 aliphatic rings. The molecule has 3 fully saturated rings. The molecule has 20 heavy (non-hydrogen) atoms. The Labute approximate surface area is 123 Å². The van der Waals surface area contributed by atoms with E-state index < -0.39 is 0 Å². The van der Waals surface area contributed by atoms with Gasteiger partial charge in [-0.05, 0) is 36.0 Å². The molecule has 0 radical (unpaired) electrons. The van der Waals surface area contributed by atoms with E-state index in [4.69, 9.17) is 0 Å². The second kappa shape index (κ2) is 4.22. The van der Waals surface area contributed by atoms with Gasteiger partial charge in [-0.1, -0.05) is 47.5 Å². The van der Waals surface area contributed by atoms with E-state index in [0.717, 1.165) is 25.8 Å². The minimum Gasteiger partial charge on any atom is -0.325 e. The van der Waals surface area contributed by atoms with Gasteiger partial charge in [0.05, 0.1) is 11.7 Å². The summed E-state index contributed by atoms with van der Waals surface area (Å²) in [5.41, 5.74) is 0.512. The van der Waals surface area contributed by atoms with Gasteiger partial charge in [0.25, 0.3) is 0 Å². The van der Waals surface area contributed by atoms with Crippen molar-refractivity contribution in [3.05, 3.63) is 0 Å². The van der Waals surface area contributed by atoms with Gasteiger partial charge < -0.3 is 4.90 Å². The Morgan fingerprint density at radius 3 is 2.15 bits per heavy atom. The van der Waals surface area contributed by atoms with Crippen molar-refractivity contribution in [2.75, 3.05) is 6.54 Å². The SMILES string of the molecule is CCC1NC2(CCCC2)C(=O)N1CC1C(C)(C)C1(C)C. The summed E-state index contributed by atoms with van der Waals surface area (Å²) in [6, 6.07) is 0. The molecule has 2 saturated carbocycles. The first kappa shape index (κ1) is 14.4. The van der Waals surface area contributed by atoms with Gasteiger partial charge in [-0.2, -0.15) is 0 Å². The van der Waals surface area contributed by atoms with Crippen molar-refractivity contribution in [2.45, 2.75) is 78.4 Å². The number of nitrogens with one attached hydrogen (secondary N) is 1. The van der Waals surface area contributed by atoms with E-state index in [1.165, 1.54) is 12.8 Å². The molecule has 1 heterocycles. The van der Waals surface area contributed by atoms with E-state index in [9.17, 15) is 4.79 Å². The summed E-state index contributed by atoms with van der Waals surface area (Å²) in [4.78, 5) is 15.1. The van der Waals surface area contributed by atoms with Gasteiger partial charge in [-0.3, -0.25) is 10.1 Å².